The van der Waals surface area contributed by atoms with Crippen LogP contribution < -0.4 is 5.32 Å². The molecule has 0 aliphatic carbocycles. The van der Waals surface area contributed by atoms with E-state index in [0.29, 0.717) is 6.42 Å². The van der Waals surface area contributed by atoms with Gasteiger partial charge in [-0.15, -0.1) is 0 Å². The van der Waals surface area contributed by atoms with Crippen molar-refractivity contribution in [1.82, 2.24) is 5.32 Å². The minimum Gasteiger partial charge on any atom is -0.394 e. The van der Waals surface area contributed by atoms with Gasteiger partial charge in [-0.25, -0.2) is 0 Å². The molecule has 9 N–H and O–H groups in total. The summed E-state index contributed by atoms with van der Waals surface area (Å²) in [6.45, 7) is 2.81. The van der Waals surface area contributed by atoms with Crippen LogP contribution in [0, 0.1) is 0 Å². The highest BCUT2D eigenvalue weighted by atomic mass is 16.7. The second-order valence-corrected chi connectivity index (χ2v) is 20.4. The lowest BCUT2D eigenvalue weighted by Crippen LogP contribution is -2.65. The van der Waals surface area contributed by atoms with Gasteiger partial charge in [0.15, 0.2) is 12.6 Å². The SMILES string of the molecule is CCCCCCCCCCCCC/C=C/[C@@H](O)[C@H](CO[C@@H]1O[C@H](CO)[C@@H](O[C@@H]2O[C@H](CO)[C@H](O)C(O)C2O)C(O)C1O)NC(=O)CCCCCCCCCCCCCCCCCCCCCCCC. The minimum atomic E-state index is -1.78. The highest BCUT2D eigenvalue weighted by Crippen LogP contribution is 2.30. The number of aliphatic hydroxyl groups excluding tert-OH is 8. The van der Waals surface area contributed by atoms with Crippen molar-refractivity contribution >= 4 is 5.91 Å². The van der Waals surface area contributed by atoms with Crippen LogP contribution in [0.15, 0.2) is 12.2 Å². The average Bonchev–Trinajstić information content (AvgIpc) is 3.35. The molecule has 2 heterocycles. The van der Waals surface area contributed by atoms with Gasteiger partial charge < -0.3 is 65.1 Å². The van der Waals surface area contributed by atoms with Crippen LogP contribution in [0.2, 0.25) is 0 Å². The Morgan fingerprint density at radius 2 is 0.899 bits per heavy atom. The Labute approximate surface area is 418 Å². The van der Waals surface area contributed by atoms with Crippen molar-refractivity contribution in [3.63, 3.8) is 0 Å². The molecule has 14 nitrogen and oxygen atoms in total. The van der Waals surface area contributed by atoms with Gasteiger partial charge in [-0.2, -0.15) is 0 Å². The normalized spacial score (nSPS) is 26.2. The number of nitrogens with one attached hydrogen (secondary N) is 1. The van der Waals surface area contributed by atoms with E-state index in [2.05, 4.69) is 19.2 Å². The highest BCUT2D eigenvalue weighted by molar-refractivity contribution is 5.76. The number of ether oxygens (including phenoxy) is 4. The molecule has 0 aromatic rings. The Hall–Kier alpha value is -1.27. The van der Waals surface area contributed by atoms with Crippen LogP contribution in [0.1, 0.15) is 239 Å². The maximum absolute atomic E-state index is 13.2. The molecule has 0 saturated carbocycles. The Balaban J connectivity index is 1.76. The van der Waals surface area contributed by atoms with Crippen LogP contribution in [0.25, 0.3) is 0 Å². The summed E-state index contributed by atoms with van der Waals surface area (Å²) in [5.41, 5.74) is 0. The lowest BCUT2D eigenvalue weighted by Gasteiger charge is -2.46. The van der Waals surface area contributed by atoms with E-state index in [4.69, 9.17) is 18.9 Å². The highest BCUT2D eigenvalue weighted by Gasteiger charge is 2.51. The number of hydrogen-bond donors (Lipinski definition) is 9. The number of allylic oxidation sites excluding steroid dienone is 1. The molecule has 1 amide bonds. The van der Waals surface area contributed by atoms with Crippen LogP contribution in [0.3, 0.4) is 0 Å². The molecule has 2 fully saturated rings. The fourth-order valence-corrected chi connectivity index (χ4v) is 9.59. The first-order chi connectivity index (χ1) is 33.6. The van der Waals surface area contributed by atoms with Crippen molar-refractivity contribution in [3.05, 3.63) is 12.2 Å². The molecule has 0 bridgehead atoms. The molecule has 0 aromatic carbocycles. The Morgan fingerprint density at radius 1 is 0.507 bits per heavy atom. The van der Waals surface area contributed by atoms with Gasteiger partial charge in [-0.3, -0.25) is 4.79 Å². The summed E-state index contributed by atoms with van der Waals surface area (Å²) in [4.78, 5) is 13.2. The monoisotopic (exact) mass is 988 g/mol. The molecule has 12 atom stereocenters. The van der Waals surface area contributed by atoms with Crippen molar-refractivity contribution in [2.24, 2.45) is 0 Å². The molecule has 408 valence electrons. The molecular weight excluding hydrogens is 883 g/mol. The number of unbranched alkanes of at least 4 members (excludes halogenated alkanes) is 32. The summed E-state index contributed by atoms with van der Waals surface area (Å²) in [5.74, 6) is -0.235. The molecule has 2 aliphatic heterocycles. The Bertz CT molecular complexity index is 1210. The van der Waals surface area contributed by atoms with E-state index in [1.807, 2.05) is 6.08 Å². The van der Waals surface area contributed by atoms with Crippen molar-refractivity contribution in [1.29, 1.82) is 0 Å². The zero-order chi connectivity index (χ0) is 50.3. The van der Waals surface area contributed by atoms with E-state index in [0.717, 1.165) is 38.5 Å². The third-order valence-corrected chi connectivity index (χ3v) is 14.2. The van der Waals surface area contributed by atoms with Crippen LogP contribution in [0.4, 0.5) is 0 Å². The van der Waals surface area contributed by atoms with E-state index in [9.17, 15) is 45.6 Å². The summed E-state index contributed by atoms with van der Waals surface area (Å²) in [6, 6.07) is -0.908. The first-order valence-electron chi connectivity index (χ1n) is 28.4. The second-order valence-electron chi connectivity index (χ2n) is 20.4. The molecule has 2 rings (SSSR count). The summed E-state index contributed by atoms with van der Waals surface area (Å²) < 4.78 is 22.7. The zero-order valence-corrected chi connectivity index (χ0v) is 43.6. The van der Waals surface area contributed by atoms with Gasteiger partial charge in [0, 0.05) is 6.42 Å². The zero-order valence-electron chi connectivity index (χ0n) is 43.6. The maximum atomic E-state index is 13.2. The van der Waals surface area contributed by atoms with E-state index in [1.165, 1.54) is 173 Å². The van der Waals surface area contributed by atoms with Crippen molar-refractivity contribution in [2.45, 2.75) is 312 Å². The first-order valence-corrected chi connectivity index (χ1v) is 28.4. The standard InChI is InChI=1S/C55H105NO13/c1-3-5-7-9-11-13-15-17-18-19-20-21-22-23-24-25-27-29-31-33-35-37-39-47(60)56-43(44(59)38-36-34-32-30-28-26-16-14-12-10-8-6-4-2)42-66-54-52(65)50(63)53(46(41-58)68-54)69-55-51(64)49(62)48(61)45(40-57)67-55/h36,38,43-46,48-55,57-59,61-65H,3-35,37,39-42H2,1-2H3,(H,56,60)/b38-36+/t43-,44+,45+,46+,48-,49?,50?,51?,52?,53+,54+,55-/m0/s1. The van der Waals surface area contributed by atoms with Crippen LogP contribution >= 0.6 is 0 Å². The number of aliphatic hydroxyl groups is 8. The van der Waals surface area contributed by atoms with E-state index >= 15 is 0 Å². The number of hydrogen-bond acceptors (Lipinski definition) is 13. The quantitative estimate of drug-likeness (QED) is 0.0206. The van der Waals surface area contributed by atoms with E-state index in [-0.39, 0.29) is 18.9 Å². The lowest BCUT2D eigenvalue weighted by atomic mass is 9.97. The number of carbonyl (C=O) groups excluding carboxylic acids is 1. The van der Waals surface area contributed by atoms with Gasteiger partial charge in [-0.1, -0.05) is 225 Å². The minimum absolute atomic E-state index is 0.235. The van der Waals surface area contributed by atoms with E-state index < -0.39 is 86.8 Å². The number of rotatable bonds is 45. The van der Waals surface area contributed by atoms with Crippen LogP contribution in [-0.2, 0) is 23.7 Å². The number of amides is 1. The van der Waals surface area contributed by atoms with Crippen LogP contribution in [0.5, 0.6) is 0 Å². The van der Waals surface area contributed by atoms with Gasteiger partial charge in [-0.05, 0) is 19.3 Å². The molecule has 69 heavy (non-hydrogen) atoms. The topological polar surface area (TPSA) is 228 Å². The van der Waals surface area contributed by atoms with Gasteiger partial charge in [0.05, 0.1) is 32.0 Å². The average molecular weight is 988 g/mol. The lowest BCUT2D eigenvalue weighted by molar-refractivity contribution is -0.359. The molecule has 0 radical (unpaired) electrons. The van der Waals surface area contributed by atoms with Crippen LogP contribution in [-0.4, -0.2) is 140 Å². The summed E-state index contributed by atoms with van der Waals surface area (Å²) >= 11 is 0. The molecule has 2 saturated heterocycles. The van der Waals surface area contributed by atoms with Crippen molar-refractivity contribution < 1.29 is 64.6 Å². The predicted molar refractivity (Wildman–Crippen MR) is 272 cm³/mol. The van der Waals surface area contributed by atoms with Gasteiger partial charge in [0.1, 0.15) is 48.8 Å². The molecule has 4 unspecified atom stereocenters. The third kappa shape index (κ3) is 28.7. The van der Waals surface area contributed by atoms with Crippen molar-refractivity contribution in [2.75, 3.05) is 19.8 Å². The summed E-state index contributed by atoms with van der Waals surface area (Å²) in [6.07, 6.45) is 29.7. The second kappa shape index (κ2) is 42.1. The van der Waals surface area contributed by atoms with Gasteiger partial charge >= 0.3 is 0 Å². The molecule has 0 spiro atoms. The molecule has 2 aliphatic rings. The summed E-state index contributed by atoms with van der Waals surface area (Å²) in [7, 11) is 0. The molecule has 0 aromatic heterocycles. The molecule has 14 heteroatoms. The largest absolute Gasteiger partial charge is 0.394 e. The maximum Gasteiger partial charge on any atom is 0.220 e. The third-order valence-electron chi connectivity index (χ3n) is 14.2. The fourth-order valence-electron chi connectivity index (χ4n) is 9.59. The Kier molecular flexibility index (Phi) is 39.0. The van der Waals surface area contributed by atoms with E-state index in [1.54, 1.807) is 6.08 Å². The van der Waals surface area contributed by atoms with Gasteiger partial charge in [0.25, 0.3) is 0 Å². The first kappa shape index (κ1) is 63.8. The molecular formula is C55H105NO13. The number of carbonyl (C=O) groups is 1. The van der Waals surface area contributed by atoms with Gasteiger partial charge in [0.2, 0.25) is 5.91 Å². The summed E-state index contributed by atoms with van der Waals surface area (Å²) in [5, 5.41) is 86.9. The predicted octanol–water partition coefficient (Wildman–Crippen LogP) is 8.72. The van der Waals surface area contributed by atoms with Crippen molar-refractivity contribution in [3.8, 4) is 0 Å². The smallest absolute Gasteiger partial charge is 0.220 e. The fraction of sp³-hybridized carbons (Fsp3) is 0.945. The Morgan fingerprint density at radius 3 is 1.33 bits per heavy atom.